The van der Waals surface area contributed by atoms with Crippen molar-refractivity contribution in [3.05, 3.63) is 29.8 Å². The quantitative estimate of drug-likeness (QED) is 0.602. The Kier molecular flexibility index (Phi) is 7.49. The number of carbonyl (C=O) groups is 3. The zero-order valence-corrected chi connectivity index (χ0v) is 17.0. The number of nitrogens with one attached hydrogen (secondary N) is 1. The minimum absolute atomic E-state index is 0.0633. The Morgan fingerprint density at radius 2 is 1.66 bits per heavy atom. The zero-order valence-electron chi connectivity index (χ0n) is 17.0. The molecular weight excluding hydrogens is 372 g/mol. The first kappa shape index (κ1) is 21.1. The van der Waals surface area contributed by atoms with Gasteiger partial charge >= 0.3 is 6.16 Å². The third-order valence-electron chi connectivity index (χ3n) is 5.68. The van der Waals surface area contributed by atoms with Crippen molar-refractivity contribution in [1.29, 1.82) is 0 Å². The summed E-state index contributed by atoms with van der Waals surface area (Å²) in [5, 5.41) is 3.05. The normalized spacial score (nSPS) is 18.2. The molecule has 1 saturated heterocycles. The molecule has 0 radical (unpaired) electrons. The summed E-state index contributed by atoms with van der Waals surface area (Å²) in [6, 6.07) is 6.43. The average molecular weight is 402 g/mol. The number of amides is 2. The fourth-order valence-corrected chi connectivity index (χ4v) is 4.04. The Hall–Kier alpha value is -2.57. The Bertz CT molecular complexity index is 704. The second-order valence-corrected chi connectivity index (χ2v) is 7.72. The van der Waals surface area contributed by atoms with E-state index in [1.165, 1.54) is 6.42 Å². The van der Waals surface area contributed by atoms with Crippen LogP contribution in [-0.4, -0.2) is 48.6 Å². The number of piperidine rings is 1. The van der Waals surface area contributed by atoms with E-state index in [0.717, 1.165) is 38.5 Å². The molecule has 1 aromatic carbocycles. The largest absolute Gasteiger partial charge is 0.513 e. The molecule has 29 heavy (non-hydrogen) atoms. The van der Waals surface area contributed by atoms with Crippen LogP contribution in [0.3, 0.4) is 0 Å². The lowest BCUT2D eigenvalue weighted by molar-refractivity contribution is -0.137. The molecule has 1 aliphatic heterocycles. The number of hydrogen-bond acceptors (Lipinski definition) is 5. The van der Waals surface area contributed by atoms with Crippen molar-refractivity contribution >= 4 is 18.0 Å². The van der Waals surface area contributed by atoms with Crippen molar-refractivity contribution in [2.24, 2.45) is 5.92 Å². The van der Waals surface area contributed by atoms with E-state index in [-0.39, 0.29) is 24.5 Å². The van der Waals surface area contributed by atoms with Crippen molar-refractivity contribution in [3.63, 3.8) is 0 Å². The molecule has 7 nitrogen and oxygen atoms in total. The first-order chi connectivity index (χ1) is 14.1. The van der Waals surface area contributed by atoms with Crippen molar-refractivity contribution in [2.75, 3.05) is 19.7 Å². The van der Waals surface area contributed by atoms with Gasteiger partial charge in [-0.3, -0.25) is 9.59 Å². The van der Waals surface area contributed by atoms with Crippen LogP contribution in [0.15, 0.2) is 24.3 Å². The Labute approximate surface area is 171 Å². The lowest BCUT2D eigenvalue weighted by atomic mass is 9.87. The van der Waals surface area contributed by atoms with Crippen LogP contribution in [-0.2, 0) is 9.53 Å². The van der Waals surface area contributed by atoms with Gasteiger partial charge in [-0.05, 0) is 56.9 Å². The van der Waals surface area contributed by atoms with Crippen molar-refractivity contribution in [3.8, 4) is 5.75 Å². The van der Waals surface area contributed by atoms with E-state index in [0.29, 0.717) is 30.3 Å². The molecule has 1 aromatic rings. The summed E-state index contributed by atoms with van der Waals surface area (Å²) >= 11 is 0. The van der Waals surface area contributed by atoms with E-state index in [2.05, 4.69) is 5.32 Å². The van der Waals surface area contributed by atoms with Gasteiger partial charge in [0.25, 0.3) is 5.91 Å². The number of rotatable bonds is 5. The highest BCUT2D eigenvalue weighted by Crippen LogP contribution is 2.26. The van der Waals surface area contributed by atoms with Crippen molar-refractivity contribution < 1.29 is 23.9 Å². The molecule has 0 unspecified atom stereocenters. The van der Waals surface area contributed by atoms with E-state index in [1.54, 1.807) is 31.2 Å². The number of likely N-dealkylation sites (tertiary alicyclic amines) is 1. The lowest BCUT2D eigenvalue weighted by Crippen LogP contribution is -2.48. The first-order valence-electron chi connectivity index (χ1n) is 10.6. The van der Waals surface area contributed by atoms with Crippen LogP contribution in [0.5, 0.6) is 5.75 Å². The second kappa shape index (κ2) is 10.3. The predicted molar refractivity (Wildman–Crippen MR) is 108 cm³/mol. The Morgan fingerprint density at radius 3 is 2.28 bits per heavy atom. The fraction of sp³-hybridized carbons (Fsp3) is 0.591. The molecule has 3 rings (SSSR count). The number of ether oxygens (including phenoxy) is 2. The van der Waals surface area contributed by atoms with E-state index in [9.17, 15) is 14.4 Å². The summed E-state index contributed by atoms with van der Waals surface area (Å²) in [5.74, 6) is 0.663. The second-order valence-electron chi connectivity index (χ2n) is 7.72. The van der Waals surface area contributed by atoms with E-state index < -0.39 is 6.16 Å². The molecule has 0 atom stereocenters. The topological polar surface area (TPSA) is 84.9 Å². The van der Waals surface area contributed by atoms with Crippen LogP contribution in [0.2, 0.25) is 0 Å². The van der Waals surface area contributed by atoms with Gasteiger partial charge in [0.2, 0.25) is 5.91 Å². The van der Waals surface area contributed by atoms with Gasteiger partial charge in [-0.15, -0.1) is 0 Å². The summed E-state index contributed by atoms with van der Waals surface area (Å²) in [6.45, 7) is 3.34. The first-order valence-corrected chi connectivity index (χ1v) is 10.6. The van der Waals surface area contributed by atoms with Crippen LogP contribution in [0.4, 0.5) is 4.79 Å². The molecule has 7 heteroatoms. The van der Waals surface area contributed by atoms with E-state index >= 15 is 0 Å². The van der Waals surface area contributed by atoms with Crippen LogP contribution in [0.1, 0.15) is 62.2 Å². The molecule has 2 fully saturated rings. The van der Waals surface area contributed by atoms with Crippen LogP contribution < -0.4 is 10.1 Å². The third-order valence-corrected chi connectivity index (χ3v) is 5.68. The molecule has 0 bridgehead atoms. The predicted octanol–water partition coefficient (Wildman–Crippen LogP) is 3.52. The molecule has 1 N–H and O–H groups in total. The van der Waals surface area contributed by atoms with Gasteiger partial charge in [0, 0.05) is 30.6 Å². The summed E-state index contributed by atoms with van der Waals surface area (Å²) in [4.78, 5) is 38.4. The number of hydrogen-bond donors (Lipinski definition) is 1. The maximum absolute atomic E-state index is 12.6. The highest BCUT2D eigenvalue weighted by molar-refractivity contribution is 5.94. The molecular formula is C22H30N2O5. The summed E-state index contributed by atoms with van der Waals surface area (Å²) in [6.07, 6.45) is 6.38. The van der Waals surface area contributed by atoms with Gasteiger partial charge in [0.05, 0.1) is 6.61 Å². The van der Waals surface area contributed by atoms with Crippen LogP contribution in [0.25, 0.3) is 0 Å². The van der Waals surface area contributed by atoms with Crippen LogP contribution >= 0.6 is 0 Å². The molecule has 0 aromatic heterocycles. The smallest absolute Gasteiger partial charge is 0.434 e. The van der Waals surface area contributed by atoms with Gasteiger partial charge in [0.1, 0.15) is 5.75 Å². The molecule has 158 valence electrons. The minimum atomic E-state index is -0.765. The maximum Gasteiger partial charge on any atom is 0.513 e. The summed E-state index contributed by atoms with van der Waals surface area (Å²) in [5.41, 5.74) is 0.502. The van der Waals surface area contributed by atoms with Crippen LogP contribution in [0, 0.1) is 5.92 Å². The number of carbonyl (C=O) groups excluding carboxylic acids is 3. The third kappa shape index (κ3) is 5.95. The van der Waals surface area contributed by atoms with Gasteiger partial charge in [-0.1, -0.05) is 19.3 Å². The highest BCUT2D eigenvalue weighted by atomic mass is 16.7. The number of benzene rings is 1. The molecule has 1 aliphatic carbocycles. The van der Waals surface area contributed by atoms with Crippen molar-refractivity contribution in [1.82, 2.24) is 10.2 Å². The Balaban J connectivity index is 1.44. The van der Waals surface area contributed by atoms with E-state index in [1.807, 2.05) is 4.90 Å². The van der Waals surface area contributed by atoms with Gasteiger partial charge in [0.15, 0.2) is 0 Å². The highest BCUT2D eigenvalue weighted by Gasteiger charge is 2.29. The summed E-state index contributed by atoms with van der Waals surface area (Å²) in [7, 11) is 0. The average Bonchev–Trinajstić information content (AvgIpc) is 2.75. The molecule has 2 aliphatic rings. The fourth-order valence-electron chi connectivity index (χ4n) is 4.04. The monoisotopic (exact) mass is 402 g/mol. The SMILES string of the molecule is CCOC(=O)Oc1ccc(C(=O)NC2CCN(C(=O)C3CCCCC3)CC2)cc1. The Morgan fingerprint density at radius 1 is 1.00 bits per heavy atom. The molecule has 2 amide bonds. The molecule has 0 spiro atoms. The zero-order chi connectivity index (χ0) is 20.6. The van der Waals surface area contributed by atoms with Gasteiger partial charge in [-0.25, -0.2) is 4.79 Å². The van der Waals surface area contributed by atoms with Crippen molar-refractivity contribution in [2.45, 2.75) is 57.9 Å². The maximum atomic E-state index is 12.6. The van der Waals surface area contributed by atoms with Gasteiger partial charge in [-0.2, -0.15) is 0 Å². The molecule has 1 saturated carbocycles. The standard InChI is InChI=1S/C22H30N2O5/c1-2-28-22(27)29-19-10-8-16(9-11-19)20(25)23-18-12-14-24(15-13-18)21(26)17-6-4-3-5-7-17/h8-11,17-18H,2-7,12-15H2,1H3,(H,23,25). The van der Waals surface area contributed by atoms with E-state index in [4.69, 9.17) is 9.47 Å². The lowest BCUT2D eigenvalue weighted by Gasteiger charge is -2.35. The van der Waals surface area contributed by atoms with Gasteiger partial charge < -0.3 is 19.7 Å². The number of nitrogens with zero attached hydrogens (tertiary/aromatic N) is 1. The minimum Gasteiger partial charge on any atom is -0.434 e. The molecule has 1 heterocycles. The summed E-state index contributed by atoms with van der Waals surface area (Å²) < 4.78 is 9.71.